The Labute approximate surface area is 193 Å². The van der Waals surface area contributed by atoms with E-state index in [-0.39, 0.29) is 4.75 Å². The lowest BCUT2D eigenvalue weighted by molar-refractivity contribution is 0.122. The standard InChI is InChI=1S/C24H30N6OS/c1-32-24(8-2-3-9-24)20-16-22(30-12-14-31-15-13-30)29-23(28-20)18-4-6-19(7-5-18)27-17-21-25-10-11-26-21/h4-7,10-11,16,27H,2-3,8-9,12-15,17H2,1H3,(H,25,26). The smallest absolute Gasteiger partial charge is 0.161 e. The molecule has 0 radical (unpaired) electrons. The Balaban J connectivity index is 1.44. The molecule has 32 heavy (non-hydrogen) atoms. The van der Waals surface area contributed by atoms with Crippen molar-refractivity contribution >= 4 is 23.3 Å². The third-order valence-electron chi connectivity index (χ3n) is 6.47. The Morgan fingerprint density at radius 3 is 2.59 bits per heavy atom. The van der Waals surface area contributed by atoms with Crippen LogP contribution in [0.4, 0.5) is 11.5 Å². The van der Waals surface area contributed by atoms with E-state index in [4.69, 9.17) is 14.7 Å². The molecule has 5 rings (SSSR count). The van der Waals surface area contributed by atoms with Crippen molar-refractivity contribution in [2.45, 2.75) is 37.0 Å². The largest absolute Gasteiger partial charge is 0.378 e. The van der Waals surface area contributed by atoms with Crippen molar-refractivity contribution in [3.63, 3.8) is 0 Å². The maximum Gasteiger partial charge on any atom is 0.161 e. The summed E-state index contributed by atoms with van der Waals surface area (Å²) in [5, 5.41) is 3.40. The summed E-state index contributed by atoms with van der Waals surface area (Å²) in [5.41, 5.74) is 3.26. The minimum atomic E-state index is 0.100. The molecule has 0 spiro atoms. The Bertz CT molecular complexity index is 1010. The quantitative estimate of drug-likeness (QED) is 0.551. The van der Waals surface area contributed by atoms with Crippen molar-refractivity contribution in [2.75, 3.05) is 42.8 Å². The average Bonchev–Trinajstić information content (AvgIpc) is 3.56. The fourth-order valence-corrected chi connectivity index (χ4v) is 5.59. The van der Waals surface area contributed by atoms with E-state index >= 15 is 0 Å². The summed E-state index contributed by atoms with van der Waals surface area (Å²) in [6.45, 7) is 3.90. The highest BCUT2D eigenvalue weighted by atomic mass is 32.2. The number of hydrogen-bond donors (Lipinski definition) is 2. The summed E-state index contributed by atoms with van der Waals surface area (Å²) in [5.74, 6) is 2.75. The van der Waals surface area contributed by atoms with Gasteiger partial charge in [0.2, 0.25) is 0 Å². The number of aromatic amines is 1. The number of benzene rings is 1. The molecule has 0 atom stereocenters. The van der Waals surface area contributed by atoms with Crippen molar-refractivity contribution < 1.29 is 4.74 Å². The molecular weight excluding hydrogens is 420 g/mol. The van der Waals surface area contributed by atoms with Crippen LogP contribution < -0.4 is 10.2 Å². The Kier molecular flexibility index (Phi) is 6.32. The second kappa shape index (κ2) is 9.50. The van der Waals surface area contributed by atoms with Gasteiger partial charge in [-0.2, -0.15) is 11.8 Å². The van der Waals surface area contributed by atoms with Gasteiger partial charge < -0.3 is 19.9 Å². The molecule has 2 N–H and O–H groups in total. The van der Waals surface area contributed by atoms with Crippen LogP contribution in [0, 0.1) is 0 Å². The van der Waals surface area contributed by atoms with E-state index in [1.807, 2.05) is 18.0 Å². The van der Waals surface area contributed by atoms with Crippen LogP contribution >= 0.6 is 11.8 Å². The summed E-state index contributed by atoms with van der Waals surface area (Å²) >= 11 is 1.95. The molecule has 1 saturated heterocycles. The topological polar surface area (TPSA) is 79.0 Å². The molecule has 0 unspecified atom stereocenters. The molecule has 2 aromatic heterocycles. The zero-order chi connectivity index (χ0) is 21.8. The van der Waals surface area contributed by atoms with E-state index in [2.05, 4.69) is 56.8 Å². The van der Waals surface area contributed by atoms with Gasteiger partial charge in [0, 0.05) is 42.8 Å². The molecule has 3 heterocycles. The molecule has 168 valence electrons. The highest BCUT2D eigenvalue weighted by molar-refractivity contribution is 7.99. The van der Waals surface area contributed by atoms with Crippen LogP contribution in [-0.2, 0) is 16.0 Å². The summed E-state index contributed by atoms with van der Waals surface area (Å²) in [4.78, 5) is 19.8. The zero-order valence-corrected chi connectivity index (χ0v) is 19.3. The number of morpholine rings is 1. The first kappa shape index (κ1) is 21.3. The predicted octanol–water partition coefficient (Wildman–Crippen LogP) is 4.45. The second-order valence-electron chi connectivity index (χ2n) is 8.41. The molecule has 1 aliphatic carbocycles. The summed E-state index contributed by atoms with van der Waals surface area (Å²) in [6.07, 6.45) is 10.7. The van der Waals surface area contributed by atoms with Gasteiger partial charge in [-0.05, 0) is 43.4 Å². The lowest BCUT2D eigenvalue weighted by atomic mass is 10.0. The van der Waals surface area contributed by atoms with Gasteiger partial charge in [0.1, 0.15) is 11.6 Å². The van der Waals surface area contributed by atoms with E-state index in [1.54, 1.807) is 6.20 Å². The van der Waals surface area contributed by atoms with Gasteiger partial charge in [-0.1, -0.05) is 12.8 Å². The van der Waals surface area contributed by atoms with E-state index < -0.39 is 0 Å². The highest BCUT2D eigenvalue weighted by Gasteiger charge is 2.37. The van der Waals surface area contributed by atoms with Gasteiger partial charge in [0.25, 0.3) is 0 Å². The van der Waals surface area contributed by atoms with Crippen LogP contribution in [0.2, 0.25) is 0 Å². The molecule has 2 aliphatic rings. The highest BCUT2D eigenvalue weighted by Crippen LogP contribution is 2.48. The number of aromatic nitrogens is 4. The Hall–Kier alpha value is -2.58. The zero-order valence-electron chi connectivity index (χ0n) is 18.5. The number of anilines is 2. The summed E-state index contributed by atoms with van der Waals surface area (Å²) < 4.78 is 5.67. The van der Waals surface area contributed by atoms with Crippen LogP contribution in [0.3, 0.4) is 0 Å². The average molecular weight is 451 g/mol. The first-order valence-corrected chi connectivity index (χ1v) is 12.6. The monoisotopic (exact) mass is 450 g/mol. The van der Waals surface area contributed by atoms with Crippen LogP contribution in [0.5, 0.6) is 0 Å². The van der Waals surface area contributed by atoms with Crippen molar-refractivity contribution in [1.82, 2.24) is 19.9 Å². The predicted molar refractivity (Wildman–Crippen MR) is 130 cm³/mol. The van der Waals surface area contributed by atoms with Crippen LogP contribution in [0.25, 0.3) is 11.4 Å². The molecule has 0 bridgehead atoms. The lowest BCUT2D eigenvalue weighted by Crippen LogP contribution is -2.37. The van der Waals surface area contributed by atoms with Gasteiger partial charge >= 0.3 is 0 Å². The van der Waals surface area contributed by atoms with Gasteiger partial charge in [-0.15, -0.1) is 0 Å². The maximum absolute atomic E-state index is 5.57. The normalized spacial score (nSPS) is 18.1. The van der Waals surface area contributed by atoms with Crippen molar-refractivity contribution in [3.8, 4) is 11.4 Å². The van der Waals surface area contributed by atoms with E-state index in [1.165, 1.54) is 31.4 Å². The first-order chi connectivity index (χ1) is 15.8. The van der Waals surface area contributed by atoms with Crippen molar-refractivity contribution in [3.05, 3.63) is 54.2 Å². The summed E-state index contributed by atoms with van der Waals surface area (Å²) in [7, 11) is 0. The SMILES string of the molecule is CSC1(c2cc(N3CCOCC3)nc(-c3ccc(NCc4ncc[nH]4)cc3)n2)CCCC1. The third kappa shape index (κ3) is 4.47. The molecule has 8 heteroatoms. The van der Waals surface area contributed by atoms with Crippen LogP contribution in [0.1, 0.15) is 37.2 Å². The van der Waals surface area contributed by atoms with Crippen LogP contribution in [0.15, 0.2) is 42.7 Å². The van der Waals surface area contributed by atoms with Gasteiger partial charge in [-0.25, -0.2) is 15.0 Å². The molecule has 0 amide bonds. The molecule has 3 aromatic rings. The van der Waals surface area contributed by atoms with E-state index in [9.17, 15) is 0 Å². The molecule has 2 fully saturated rings. The molecule has 7 nitrogen and oxygen atoms in total. The van der Waals surface area contributed by atoms with Crippen molar-refractivity contribution in [1.29, 1.82) is 0 Å². The minimum absolute atomic E-state index is 0.100. The number of nitrogens with one attached hydrogen (secondary N) is 2. The second-order valence-corrected chi connectivity index (χ2v) is 9.60. The molecule has 1 saturated carbocycles. The maximum atomic E-state index is 5.57. The molecule has 1 aliphatic heterocycles. The number of nitrogens with zero attached hydrogens (tertiary/aromatic N) is 4. The number of rotatable bonds is 7. The first-order valence-electron chi connectivity index (χ1n) is 11.4. The third-order valence-corrected chi connectivity index (χ3v) is 7.87. The number of imidazole rings is 1. The van der Waals surface area contributed by atoms with Crippen molar-refractivity contribution in [2.24, 2.45) is 0 Å². The van der Waals surface area contributed by atoms with Crippen LogP contribution in [-0.4, -0.2) is 52.5 Å². The number of hydrogen-bond acceptors (Lipinski definition) is 7. The molecule has 1 aromatic carbocycles. The van der Waals surface area contributed by atoms with E-state index in [0.29, 0.717) is 6.54 Å². The van der Waals surface area contributed by atoms with Gasteiger partial charge in [-0.3, -0.25) is 0 Å². The fraction of sp³-hybridized carbons (Fsp3) is 0.458. The number of H-pyrrole nitrogens is 1. The number of ether oxygens (including phenoxy) is 1. The van der Waals surface area contributed by atoms with E-state index in [0.717, 1.165) is 55.0 Å². The van der Waals surface area contributed by atoms with Gasteiger partial charge in [0.05, 0.1) is 30.2 Å². The minimum Gasteiger partial charge on any atom is -0.378 e. The molecular formula is C24H30N6OS. The fourth-order valence-electron chi connectivity index (χ4n) is 4.58. The Morgan fingerprint density at radius 1 is 1.12 bits per heavy atom. The number of thioether (sulfide) groups is 1. The lowest BCUT2D eigenvalue weighted by Gasteiger charge is -2.31. The summed E-state index contributed by atoms with van der Waals surface area (Å²) in [6, 6.07) is 10.6. The Morgan fingerprint density at radius 2 is 1.91 bits per heavy atom. The van der Waals surface area contributed by atoms with Gasteiger partial charge in [0.15, 0.2) is 5.82 Å².